The number of hydrogen-bond donors (Lipinski definition) is 1. The van der Waals surface area contributed by atoms with Crippen LogP contribution in [-0.2, 0) is 0 Å². The smallest absolute Gasteiger partial charge is 0.327 e. The highest BCUT2D eigenvalue weighted by atomic mass is 35.5. The Bertz CT molecular complexity index is 588. The Kier molecular flexibility index (Phi) is 4.67. The normalized spacial score (nSPS) is 24.8. The molecule has 2 rings (SSSR count). The monoisotopic (exact) mass is 344 g/mol. The molecule has 0 radical (unpaired) electrons. The number of hydrogen-bond acceptors (Lipinski definition) is 2. The van der Waals surface area contributed by atoms with Crippen molar-refractivity contribution in [3.63, 3.8) is 0 Å². The molecule has 4 nitrogen and oxygen atoms in total. The fourth-order valence-electron chi connectivity index (χ4n) is 3.23. The third kappa shape index (κ3) is 3.05. The summed E-state index contributed by atoms with van der Waals surface area (Å²) in [6.07, 6.45) is 1.27. The Balaban J connectivity index is 2.51. The fraction of sp³-hybridized carbons (Fsp3) is 0.562. The maximum absolute atomic E-state index is 13.0. The van der Waals surface area contributed by atoms with Crippen LogP contribution in [0, 0.1) is 0 Å². The van der Waals surface area contributed by atoms with Crippen LogP contribution in [0.15, 0.2) is 18.2 Å². The molecule has 0 spiro atoms. The Morgan fingerprint density at radius 1 is 1.27 bits per heavy atom. The number of urea groups is 1. The summed E-state index contributed by atoms with van der Waals surface area (Å²) in [5, 5.41) is 11.7. The lowest BCUT2D eigenvalue weighted by molar-refractivity contribution is -0.0252. The lowest BCUT2D eigenvalue weighted by Gasteiger charge is -2.53. The highest BCUT2D eigenvalue weighted by molar-refractivity contribution is 6.36. The molecule has 0 bridgehead atoms. The molecule has 122 valence electrons. The third-order valence-electron chi connectivity index (χ3n) is 4.00. The van der Waals surface area contributed by atoms with Crippen LogP contribution in [0.25, 0.3) is 0 Å². The summed E-state index contributed by atoms with van der Waals surface area (Å²) in [6.45, 7) is 8.23. The van der Waals surface area contributed by atoms with Gasteiger partial charge >= 0.3 is 6.03 Å². The first kappa shape index (κ1) is 17.4. The third-order valence-corrected chi connectivity index (χ3v) is 4.54. The molecule has 0 aliphatic carbocycles. The van der Waals surface area contributed by atoms with Crippen molar-refractivity contribution >= 4 is 34.9 Å². The minimum absolute atomic E-state index is 0.243. The maximum atomic E-state index is 13.0. The molecule has 1 heterocycles. The molecule has 6 heteroatoms. The largest absolute Gasteiger partial charge is 0.371 e. The van der Waals surface area contributed by atoms with Crippen molar-refractivity contribution in [2.45, 2.75) is 51.8 Å². The Morgan fingerprint density at radius 3 is 2.45 bits per heavy atom. The van der Waals surface area contributed by atoms with Crippen LogP contribution < -0.4 is 4.90 Å². The van der Waals surface area contributed by atoms with Crippen molar-refractivity contribution in [2.75, 3.05) is 11.4 Å². The predicted octanol–water partition coefficient (Wildman–Crippen LogP) is 4.52. The summed E-state index contributed by atoms with van der Waals surface area (Å²) >= 11 is 12.2. The molecule has 1 aromatic rings. The van der Waals surface area contributed by atoms with Gasteiger partial charge in [-0.2, -0.15) is 0 Å². The second kappa shape index (κ2) is 5.91. The Labute approximate surface area is 141 Å². The van der Waals surface area contributed by atoms with Crippen molar-refractivity contribution in [3.05, 3.63) is 28.2 Å². The molecule has 1 aliphatic heterocycles. The number of carbonyl (C=O) groups excluding carboxylic acids is 1. The highest BCUT2D eigenvalue weighted by Crippen LogP contribution is 2.41. The summed E-state index contributed by atoms with van der Waals surface area (Å²) in [4.78, 5) is 16.1. The van der Waals surface area contributed by atoms with Crippen LogP contribution in [0.1, 0.15) is 40.5 Å². The molecule has 1 fully saturated rings. The first-order valence-electron chi connectivity index (χ1n) is 7.39. The van der Waals surface area contributed by atoms with E-state index in [0.717, 1.165) is 6.42 Å². The van der Waals surface area contributed by atoms with Crippen LogP contribution >= 0.6 is 23.2 Å². The van der Waals surface area contributed by atoms with E-state index in [2.05, 4.69) is 0 Å². The summed E-state index contributed by atoms with van der Waals surface area (Å²) in [5.41, 5.74) is -1.27. The fourth-order valence-corrected chi connectivity index (χ4v) is 3.72. The summed E-state index contributed by atoms with van der Waals surface area (Å²) in [7, 11) is 0. The molecule has 0 unspecified atom stereocenters. The number of amides is 2. The van der Waals surface area contributed by atoms with Gasteiger partial charge in [0, 0.05) is 23.5 Å². The van der Waals surface area contributed by atoms with Gasteiger partial charge in [0.2, 0.25) is 0 Å². The van der Waals surface area contributed by atoms with Gasteiger partial charge in [-0.3, -0.25) is 4.90 Å². The van der Waals surface area contributed by atoms with E-state index in [0.29, 0.717) is 28.7 Å². The highest BCUT2D eigenvalue weighted by Gasteiger charge is 2.50. The van der Waals surface area contributed by atoms with E-state index in [1.54, 1.807) is 30.0 Å². The molecular formula is C16H22Cl2N2O2. The van der Waals surface area contributed by atoms with Gasteiger partial charge in [0.15, 0.2) is 0 Å². The second-order valence-corrected chi connectivity index (χ2v) is 7.42. The van der Waals surface area contributed by atoms with E-state index in [1.807, 2.05) is 20.8 Å². The standard InChI is InChI=1S/C16H22Cl2N2O2/c1-5-8-19-14(21)20(16(4,22)10-15(19,2)3)13-7-6-11(17)9-12(13)18/h6-7,9,22H,5,8,10H2,1-4H3/t16-/m1/s1. The summed E-state index contributed by atoms with van der Waals surface area (Å²) in [5.74, 6) is 0. The van der Waals surface area contributed by atoms with E-state index < -0.39 is 11.3 Å². The molecule has 1 saturated heterocycles. The molecule has 1 atom stereocenters. The van der Waals surface area contributed by atoms with Crippen molar-refractivity contribution in [3.8, 4) is 0 Å². The van der Waals surface area contributed by atoms with Crippen LogP contribution in [0.5, 0.6) is 0 Å². The number of benzene rings is 1. The van der Waals surface area contributed by atoms with Crippen molar-refractivity contribution < 1.29 is 9.90 Å². The Morgan fingerprint density at radius 2 is 1.91 bits per heavy atom. The van der Waals surface area contributed by atoms with Gasteiger partial charge in [0.1, 0.15) is 5.72 Å². The van der Waals surface area contributed by atoms with Gasteiger partial charge in [-0.25, -0.2) is 4.79 Å². The number of halogens is 2. The Hall–Kier alpha value is -0.970. The van der Waals surface area contributed by atoms with Crippen molar-refractivity contribution in [1.29, 1.82) is 0 Å². The first-order valence-corrected chi connectivity index (χ1v) is 8.15. The number of anilines is 1. The number of carbonyl (C=O) groups is 1. The average Bonchev–Trinajstić information content (AvgIpc) is 2.35. The van der Waals surface area contributed by atoms with Gasteiger partial charge in [-0.05, 0) is 45.4 Å². The van der Waals surface area contributed by atoms with Crippen LogP contribution in [-0.4, -0.2) is 33.8 Å². The quantitative estimate of drug-likeness (QED) is 0.875. The van der Waals surface area contributed by atoms with Crippen molar-refractivity contribution in [1.82, 2.24) is 4.90 Å². The zero-order valence-electron chi connectivity index (χ0n) is 13.4. The molecule has 1 aliphatic rings. The van der Waals surface area contributed by atoms with E-state index in [4.69, 9.17) is 23.2 Å². The number of nitrogens with zero attached hydrogens (tertiary/aromatic N) is 2. The molecule has 0 aromatic heterocycles. The average molecular weight is 345 g/mol. The second-order valence-electron chi connectivity index (χ2n) is 6.57. The molecule has 22 heavy (non-hydrogen) atoms. The summed E-state index contributed by atoms with van der Waals surface area (Å²) in [6, 6.07) is 4.66. The SMILES string of the molecule is CCCN1C(=O)N(c2ccc(Cl)cc2Cl)[C@](C)(O)CC1(C)C. The van der Waals surface area contributed by atoms with Crippen LogP contribution in [0.3, 0.4) is 0 Å². The number of aliphatic hydroxyl groups is 1. The minimum atomic E-state index is -1.32. The van der Waals surface area contributed by atoms with Gasteiger partial charge in [-0.15, -0.1) is 0 Å². The molecular weight excluding hydrogens is 323 g/mol. The van der Waals surface area contributed by atoms with Crippen molar-refractivity contribution in [2.24, 2.45) is 0 Å². The summed E-state index contributed by atoms with van der Waals surface area (Å²) < 4.78 is 0. The molecule has 2 amide bonds. The van der Waals surface area contributed by atoms with Crippen LogP contribution in [0.4, 0.5) is 10.5 Å². The predicted molar refractivity (Wildman–Crippen MR) is 90.7 cm³/mol. The van der Waals surface area contributed by atoms with E-state index >= 15 is 0 Å². The minimum Gasteiger partial charge on any atom is -0.371 e. The van der Waals surface area contributed by atoms with Gasteiger partial charge in [0.05, 0.1) is 10.7 Å². The number of rotatable bonds is 3. The van der Waals surface area contributed by atoms with E-state index in [-0.39, 0.29) is 6.03 Å². The zero-order valence-corrected chi connectivity index (χ0v) is 14.9. The van der Waals surface area contributed by atoms with Crippen LogP contribution in [0.2, 0.25) is 10.0 Å². The van der Waals surface area contributed by atoms with Gasteiger partial charge < -0.3 is 10.0 Å². The molecule has 0 saturated carbocycles. The van der Waals surface area contributed by atoms with Gasteiger partial charge in [0.25, 0.3) is 0 Å². The molecule has 1 N–H and O–H groups in total. The van der Waals surface area contributed by atoms with E-state index in [9.17, 15) is 9.90 Å². The first-order chi connectivity index (χ1) is 10.1. The molecule has 1 aromatic carbocycles. The zero-order chi connectivity index (χ0) is 16.7. The van der Waals surface area contributed by atoms with Gasteiger partial charge in [-0.1, -0.05) is 30.1 Å². The lowest BCUT2D eigenvalue weighted by atomic mass is 9.87. The lowest BCUT2D eigenvalue weighted by Crippen LogP contribution is -2.68. The maximum Gasteiger partial charge on any atom is 0.327 e. The van der Waals surface area contributed by atoms with E-state index in [1.165, 1.54) is 4.90 Å². The topological polar surface area (TPSA) is 43.8 Å².